The summed E-state index contributed by atoms with van der Waals surface area (Å²) in [4.78, 5) is 12.5. The van der Waals surface area contributed by atoms with Crippen molar-refractivity contribution in [1.29, 1.82) is 0 Å². The Morgan fingerprint density at radius 2 is 2.20 bits per heavy atom. The first-order chi connectivity index (χ1) is 11.8. The van der Waals surface area contributed by atoms with Crippen molar-refractivity contribution in [3.8, 4) is 0 Å². The Kier molecular flexibility index (Phi) is 4.69. The molecule has 2 aromatic rings. The number of amides is 1. The lowest BCUT2D eigenvalue weighted by Crippen LogP contribution is -2.23. The van der Waals surface area contributed by atoms with E-state index in [0.717, 1.165) is 17.8 Å². The van der Waals surface area contributed by atoms with Gasteiger partial charge in [0.15, 0.2) is 0 Å². The minimum atomic E-state index is -4.50. The van der Waals surface area contributed by atoms with E-state index in [1.165, 1.54) is 24.9 Å². The third kappa shape index (κ3) is 3.47. The van der Waals surface area contributed by atoms with Gasteiger partial charge in [0.25, 0.3) is 5.91 Å². The Morgan fingerprint density at radius 3 is 2.80 bits per heavy atom. The van der Waals surface area contributed by atoms with E-state index in [0.29, 0.717) is 18.4 Å². The maximum Gasteiger partial charge on any atom is 0.417 e. The van der Waals surface area contributed by atoms with Gasteiger partial charge in [-0.2, -0.15) is 13.2 Å². The highest BCUT2D eigenvalue weighted by Crippen LogP contribution is 2.45. The fourth-order valence-corrected chi connectivity index (χ4v) is 3.83. The molecule has 0 bridgehead atoms. The van der Waals surface area contributed by atoms with E-state index >= 15 is 0 Å². The van der Waals surface area contributed by atoms with E-state index < -0.39 is 17.6 Å². The van der Waals surface area contributed by atoms with Gasteiger partial charge in [0, 0.05) is 24.6 Å². The van der Waals surface area contributed by atoms with Gasteiger partial charge in [-0.1, -0.05) is 16.9 Å². The summed E-state index contributed by atoms with van der Waals surface area (Å²) in [5.41, 5.74) is -0.602. The Labute approximate surface area is 144 Å². The number of nitrogens with zero attached hydrogens (tertiary/aromatic N) is 4. The summed E-state index contributed by atoms with van der Waals surface area (Å²) < 4.78 is 46.4. The molecule has 134 valence electrons. The lowest BCUT2D eigenvalue weighted by Gasteiger charge is -2.27. The van der Waals surface area contributed by atoms with Gasteiger partial charge in [-0.15, -0.1) is 0 Å². The molecule has 1 aliphatic rings. The number of aromatic nitrogens is 4. The number of carbonyl (C=O) groups is 1. The average molecular weight is 373 g/mol. The maximum absolute atomic E-state index is 13.3. The number of carbonyl (C=O) groups excluding carboxylic acids is 1. The summed E-state index contributed by atoms with van der Waals surface area (Å²) in [5, 5.41) is 13.1. The topological polar surface area (TPSA) is 81.9 Å². The van der Waals surface area contributed by atoms with E-state index in [9.17, 15) is 18.0 Å². The minimum absolute atomic E-state index is 0.0364. The second-order valence-electron chi connectivity index (χ2n) is 5.37. The number of rotatable bonds is 3. The second kappa shape index (κ2) is 6.64. The van der Waals surface area contributed by atoms with Crippen LogP contribution in [-0.4, -0.2) is 38.7 Å². The van der Waals surface area contributed by atoms with Crippen LogP contribution in [0.1, 0.15) is 27.9 Å². The van der Waals surface area contributed by atoms with Gasteiger partial charge in [0.2, 0.25) is 5.95 Å². The lowest BCUT2D eigenvalue weighted by atomic mass is 9.98. The molecule has 0 aliphatic carbocycles. The third-order valence-corrected chi connectivity index (χ3v) is 5.19. The van der Waals surface area contributed by atoms with E-state index in [1.807, 2.05) is 0 Å². The minimum Gasteiger partial charge on any atom is -0.370 e. The zero-order valence-electron chi connectivity index (χ0n) is 13.3. The van der Waals surface area contributed by atoms with Gasteiger partial charge in [0.1, 0.15) is 5.44 Å². The number of anilines is 1. The lowest BCUT2D eigenvalue weighted by molar-refractivity contribution is -0.139. The van der Waals surface area contributed by atoms with Gasteiger partial charge in [-0.05, 0) is 41.0 Å². The Hall–Kier alpha value is -2.14. The normalized spacial score (nSPS) is 17.2. The molecule has 1 unspecified atom stereocenters. The molecule has 0 spiro atoms. The van der Waals surface area contributed by atoms with Gasteiger partial charge in [-0.25, -0.2) is 4.68 Å². The molecule has 0 radical (unpaired) electrons. The molecule has 1 atom stereocenters. The molecule has 7 nitrogen and oxygen atoms in total. The molecule has 1 aliphatic heterocycles. The van der Waals surface area contributed by atoms with E-state index in [4.69, 9.17) is 4.74 Å². The molecule has 3 rings (SSSR count). The molecule has 25 heavy (non-hydrogen) atoms. The molecule has 0 saturated heterocycles. The number of methoxy groups -OCH3 is 1. The van der Waals surface area contributed by atoms with E-state index in [-0.39, 0.29) is 21.8 Å². The highest BCUT2D eigenvalue weighted by molar-refractivity contribution is 8.00. The zero-order valence-corrected chi connectivity index (χ0v) is 14.1. The van der Waals surface area contributed by atoms with Crippen molar-refractivity contribution in [2.24, 2.45) is 7.05 Å². The Morgan fingerprint density at radius 1 is 1.44 bits per heavy atom. The summed E-state index contributed by atoms with van der Waals surface area (Å²) in [5.74, 6) is -0.448. The number of alkyl halides is 3. The first-order valence-electron chi connectivity index (χ1n) is 7.27. The number of halogens is 3. The number of hydrogen-bond acceptors (Lipinski definition) is 6. The number of aryl methyl sites for hydroxylation is 1. The largest absolute Gasteiger partial charge is 0.417 e. The summed E-state index contributed by atoms with van der Waals surface area (Å²) in [7, 11) is 2.99. The van der Waals surface area contributed by atoms with Crippen LogP contribution in [0.25, 0.3) is 0 Å². The van der Waals surface area contributed by atoms with Crippen LogP contribution in [0.4, 0.5) is 19.1 Å². The fraction of sp³-hybridized carbons (Fsp3) is 0.429. The first-order valence-corrected chi connectivity index (χ1v) is 8.15. The monoisotopic (exact) mass is 373 g/mol. The molecule has 0 saturated carbocycles. The van der Waals surface area contributed by atoms with Crippen LogP contribution in [0.3, 0.4) is 0 Å². The number of fused-ring (bicyclic) bond motifs is 1. The molecule has 1 aromatic heterocycles. The molecule has 1 N–H and O–H groups in total. The van der Waals surface area contributed by atoms with Crippen LogP contribution in [0.2, 0.25) is 0 Å². The standard InChI is InChI=1S/C14H14F3N5O2S/c1-22-13(19-20-21-22)18-12(23)8-3-5-9(14(15,16)17)11-7(8)4-6-10(24-2)25-11/h3,5,10H,4,6H2,1-2H3,(H,18,19,21,23). The number of hydrogen-bond donors (Lipinski definition) is 1. The molecule has 11 heteroatoms. The van der Waals surface area contributed by atoms with Crippen molar-refractivity contribution in [3.63, 3.8) is 0 Å². The van der Waals surface area contributed by atoms with Crippen molar-refractivity contribution < 1.29 is 22.7 Å². The van der Waals surface area contributed by atoms with Crippen LogP contribution < -0.4 is 5.32 Å². The van der Waals surface area contributed by atoms with Gasteiger partial charge >= 0.3 is 6.18 Å². The average Bonchev–Trinajstić information content (AvgIpc) is 2.97. The maximum atomic E-state index is 13.3. The summed E-state index contributed by atoms with van der Waals surface area (Å²) in [6, 6.07) is 2.11. The SMILES string of the molecule is COC1CCc2c(C(=O)Nc3nnnn3C)ccc(C(F)(F)F)c2S1. The summed E-state index contributed by atoms with van der Waals surface area (Å²) >= 11 is 0.985. The van der Waals surface area contributed by atoms with Gasteiger partial charge in [-0.3, -0.25) is 10.1 Å². The number of ether oxygens (including phenoxy) is 1. The molecular formula is C14H14F3N5O2S. The van der Waals surface area contributed by atoms with Crippen LogP contribution >= 0.6 is 11.8 Å². The number of thioether (sulfide) groups is 1. The quantitative estimate of drug-likeness (QED) is 0.890. The summed E-state index contributed by atoms with van der Waals surface area (Å²) in [6.45, 7) is 0. The predicted molar refractivity (Wildman–Crippen MR) is 83.2 cm³/mol. The van der Waals surface area contributed by atoms with E-state index in [1.54, 1.807) is 0 Å². The Bertz CT molecular complexity index is 808. The predicted octanol–water partition coefficient (Wildman–Crippen LogP) is 2.49. The zero-order chi connectivity index (χ0) is 18.2. The van der Waals surface area contributed by atoms with Crippen molar-refractivity contribution >= 4 is 23.6 Å². The second-order valence-corrected chi connectivity index (χ2v) is 6.54. The van der Waals surface area contributed by atoms with Crippen LogP contribution in [-0.2, 0) is 24.4 Å². The van der Waals surface area contributed by atoms with Gasteiger partial charge < -0.3 is 4.74 Å². The molecular weight excluding hydrogens is 359 g/mol. The molecule has 1 aromatic carbocycles. The van der Waals surface area contributed by atoms with Crippen molar-refractivity contribution in [2.45, 2.75) is 29.3 Å². The van der Waals surface area contributed by atoms with Crippen molar-refractivity contribution in [3.05, 3.63) is 28.8 Å². The molecule has 1 amide bonds. The summed E-state index contributed by atoms with van der Waals surface area (Å²) in [6.07, 6.45) is -3.68. The molecule has 0 fully saturated rings. The smallest absolute Gasteiger partial charge is 0.370 e. The van der Waals surface area contributed by atoms with E-state index in [2.05, 4.69) is 20.8 Å². The number of benzene rings is 1. The van der Waals surface area contributed by atoms with Gasteiger partial charge in [0.05, 0.1) is 5.56 Å². The third-order valence-electron chi connectivity index (χ3n) is 3.80. The number of tetrazole rings is 1. The fourth-order valence-electron chi connectivity index (χ4n) is 2.57. The van der Waals surface area contributed by atoms with Crippen molar-refractivity contribution in [1.82, 2.24) is 20.2 Å². The highest BCUT2D eigenvalue weighted by atomic mass is 32.2. The van der Waals surface area contributed by atoms with Crippen LogP contribution in [0, 0.1) is 0 Å². The number of nitrogens with one attached hydrogen (secondary N) is 1. The first kappa shape index (κ1) is 17.7. The van der Waals surface area contributed by atoms with Crippen LogP contribution in [0.5, 0.6) is 0 Å². The Balaban J connectivity index is 2.01. The highest BCUT2D eigenvalue weighted by Gasteiger charge is 2.38. The van der Waals surface area contributed by atoms with Crippen molar-refractivity contribution in [2.75, 3.05) is 12.4 Å². The van der Waals surface area contributed by atoms with Crippen LogP contribution in [0.15, 0.2) is 17.0 Å². The molecule has 2 heterocycles.